The molecule has 90 valence electrons. The number of nitrogens with two attached hydrogens (primary N) is 1. The van der Waals surface area contributed by atoms with Gasteiger partial charge in [0.25, 0.3) is 0 Å². The van der Waals surface area contributed by atoms with Crippen LogP contribution < -0.4 is 5.73 Å². The van der Waals surface area contributed by atoms with Gasteiger partial charge in [-0.1, -0.05) is 54.6 Å². The molecule has 0 aliphatic rings. The molecule has 2 rings (SSSR count). The van der Waals surface area contributed by atoms with E-state index in [2.05, 4.69) is 12.1 Å². The first-order chi connectivity index (χ1) is 7.81. The highest BCUT2D eigenvalue weighted by Crippen LogP contribution is 2.20. The van der Waals surface area contributed by atoms with Crippen molar-refractivity contribution in [3.8, 4) is 11.1 Å². The summed E-state index contributed by atoms with van der Waals surface area (Å²) in [5, 5.41) is 8.95. The van der Waals surface area contributed by atoms with Crippen molar-refractivity contribution < 1.29 is 5.11 Å². The van der Waals surface area contributed by atoms with Crippen LogP contribution in [0.3, 0.4) is 0 Å². The molecule has 0 heterocycles. The Bertz CT molecular complexity index is 442. The Morgan fingerprint density at radius 2 is 1.41 bits per heavy atom. The first-order valence-electron chi connectivity index (χ1n) is 5.33. The van der Waals surface area contributed by atoms with Crippen LogP contribution in [0.1, 0.15) is 11.6 Å². The summed E-state index contributed by atoms with van der Waals surface area (Å²) in [7, 11) is 0. The quantitative estimate of drug-likeness (QED) is 0.879. The van der Waals surface area contributed by atoms with Gasteiger partial charge in [0.05, 0.1) is 12.6 Å². The van der Waals surface area contributed by atoms with Crippen LogP contribution in [0, 0.1) is 0 Å². The highest BCUT2D eigenvalue weighted by Gasteiger charge is 2.03. The van der Waals surface area contributed by atoms with Gasteiger partial charge in [-0.2, -0.15) is 0 Å². The Morgan fingerprint density at radius 1 is 0.882 bits per heavy atom. The number of rotatable bonds is 3. The maximum Gasteiger partial charge on any atom is 0.0624 e. The second kappa shape index (κ2) is 6.40. The van der Waals surface area contributed by atoms with Gasteiger partial charge < -0.3 is 10.8 Å². The Balaban J connectivity index is 0.00000144. The molecule has 2 aromatic rings. The summed E-state index contributed by atoms with van der Waals surface area (Å²) < 4.78 is 0. The fourth-order valence-corrected chi connectivity index (χ4v) is 1.66. The Labute approximate surface area is 108 Å². The Kier molecular flexibility index (Phi) is 5.16. The summed E-state index contributed by atoms with van der Waals surface area (Å²) in [6.45, 7) is -0.0231. The van der Waals surface area contributed by atoms with Crippen LogP contribution in [-0.2, 0) is 0 Å². The number of aliphatic hydroxyl groups is 1. The van der Waals surface area contributed by atoms with Crippen molar-refractivity contribution >= 4 is 12.4 Å². The van der Waals surface area contributed by atoms with Crippen LogP contribution in [0.5, 0.6) is 0 Å². The Hall–Kier alpha value is -1.35. The molecule has 3 heteroatoms. The van der Waals surface area contributed by atoms with Crippen molar-refractivity contribution in [1.29, 1.82) is 0 Å². The number of hydrogen-bond donors (Lipinski definition) is 2. The molecule has 0 radical (unpaired) electrons. The van der Waals surface area contributed by atoms with Crippen LogP contribution in [0.15, 0.2) is 54.6 Å². The van der Waals surface area contributed by atoms with E-state index >= 15 is 0 Å². The van der Waals surface area contributed by atoms with Gasteiger partial charge in [-0.05, 0) is 16.7 Å². The largest absolute Gasteiger partial charge is 0.394 e. The minimum Gasteiger partial charge on any atom is -0.394 e. The number of aliphatic hydroxyl groups excluding tert-OH is 1. The molecule has 0 bridgehead atoms. The van der Waals surface area contributed by atoms with Gasteiger partial charge in [0, 0.05) is 0 Å². The smallest absolute Gasteiger partial charge is 0.0624 e. The summed E-state index contributed by atoms with van der Waals surface area (Å²) in [5.41, 5.74) is 9.04. The molecule has 0 aliphatic heterocycles. The zero-order chi connectivity index (χ0) is 11.4. The monoisotopic (exact) mass is 249 g/mol. The zero-order valence-corrected chi connectivity index (χ0v) is 10.2. The fraction of sp³-hybridized carbons (Fsp3) is 0.143. The zero-order valence-electron chi connectivity index (χ0n) is 9.41. The molecule has 2 aromatic carbocycles. The molecule has 1 atom stereocenters. The van der Waals surface area contributed by atoms with Crippen LogP contribution >= 0.6 is 12.4 Å². The van der Waals surface area contributed by atoms with Crippen molar-refractivity contribution in [3.63, 3.8) is 0 Å². The van der Waals surface area contributed by atoms with Crippen LogP contribution in [0.25, 0.3) is 11.1 Å². The minimum absolute atomic E-state index is 0. The van der Waals surface area contributed by atoms with Crippen LogP contribution in [0.4, 0.5) is 0 Å². The van der Waals surface area contributed by atoms with Crippen molar-refractivity contribution in [3.05, 3.63) is 60.2 Å². The van der Waals surface area contributed by atoms with Gasteiger partial charge in [0.1, 0.15) is 0 Å². The number of halogens is 1. The Morgan fingerprint density at radius 3 is 1.94 bits per heavy atom. The van der Waals surface area contributed by atoms with E-state index in [4.69, 9.17) is 10.8 Å². The lowest BCUT2D eigenvalue weighted by Gasteiger charge is -2.09. The summed E-state index contributed by atoms with van der Waals surface area (Å²) in [6, 6.07) is 17.9. The molecule has 17 heavy (non-hydrogen) atoms. The highest BCUT2D eigenvalue weighted by molar-refractivity contribution is 5.85. The third-order valence-electron chi connectivity index (χ3n) is 2.64. The third-order valence-corrected chi connectivity index (χ3v) is 2.64. The lowest BCUT2D eigenvalue weighted by atomic mass is 10.0. The normalized spacial score (nSPS) is 11.6. The minimum atomic E-state index is -0.287. The van der Waals surface area contributed by atoms with E-state index in [0.29, 0.717) is 0 Å². The van der Waals surface area contributed by atoms with Gasteiger partial charge in [-0.15, -0.1) is 12.4 Å². The first-order valence-corrected chi connectivity index (χ1v) is 5.33. The molecule has 3 N–H and O–H groups in total. The molecule has 0 unspecified atom stereocenters. The van der Waals surface area contributed by atoms with E-state index in [1.807, 2.05) is 42.5 Å². The molecular weight excluding hydrogens is 234 g/mol. The molecule has 0 aromatic heterocycles. The lowest BCUT2D eigenvalue weighted by molar-refractivity contribution is 0.268. The fourth-order valence-electron chi connectivity index (χ4n) is 1.66. The van der Waals surface area contributed by atoms with Gasteiger partial charge in [0.15, 0.2) is 0 Å². The van der Waals surface area contributed by atoms with Gasteiger partial charge in [0.2, 0.25) is 0 Å². The maximum atomic E-state index is 8.95. The molecule has 0 amide bonds. The molecular formula is C14H16ClNO. The van der Waals surface area contributed by atoms with Crippen LogP contribution in [0.2, 0.25) is 0 Å². The summed E-state index contributed by atoms with van der Waals surface area (Å²) in [6.07, 6.45) is 0. The molecule has 2 nitrogen and oxygen atoms in total. The topological polar surface area (TPSA) is 46.2 Å². The predicted octanol–water partition coefficient (Wildman–Crippen LogP) is 2.77. The summed E-state index contributed by atoms with van der Waals surface area (Å²) >= 11 is 0. The summed E-state index contributed by atoms with van der Waals surface area (Å²) in [5.74, 6) is 0. The average molecular weight is 250 g/mol. The van der Waals surface area contributed by atoms with E-state index < -0.39 is 0 Å². The molecule has 0 saturated carbocycles. The second-order valence-electron chi connectivity index (χ2n) is 3.78. The molecule has 0 aliphatic carbocycles. The molecule has 0 fully saturated rings. The second-order valence-corrected chi connectivity index (χ2v) is 3.78. The standard InChI is InChI=1S/C14H15NO.ClH/c15-14(10-16)13-8-6-12(7-9-13)11-4-2-1-3-5-11;/h1-9,14,16H,10,15H2;1H/t14-;/m0./s1. The third kappa shape index (κ3) is 3.30. The first kappa shape index (κ1) is 13.7. The van der Waals surface area contributed by atoms with Gasteiger partial charge in [-0.25, -0.2) is 0 Å². The van der Waals surface area contributed by atoms with Crippen molar-refractivity contribution in [2.45, 2.75) is 6.04 Å². The van der Waals surface area contributed by atoms with Gasteiger partial charge >= 0.3 is 0 Å². The number of benzene rings is 2. The van der Waals surface area contributed by atoms with E-state index in [1.54, 1.807) is 0 Å². The SMILES string of the molecule is Cl.N[C@@H](CO)c1ccc(-c2ccccc2)cc1. The van der Waals surface area contributed by atoms with Crippen molar-refractivity contribution in [1.82, 2.24) is 0 Å². The van der Waals surface area contributed by atoms with E-state index in [-0.39, 0.29) is 25.1 Å². The van der Waals surface area contributed by atoms with E-state index in [1.165, 1.54) is 5.56 Å². The van der Waals surface area contributed by atoms with E-state index in [0.717, 1.165) is 11.1 Å². The average Bonchev–Trinajstić information content (AvgIpc) is 2.39. The van der Waals surface area contributed by atoms with Crippen molar-refractivity contribution in [2.24, 2.45) is 5.73 Å². The van der Waals surface area contributed by atoms with E-state index in [9.17, 15) is 0 Å². The van der Waals surface area contributed by atoms with Gasteiger partial charge in [-0.3, -0.25) is 0 Å². The highest BCUT2D eigenvalue weighted by atomic mass is 35.5. The predicted molar refractivity (Wildman–Crippen MR) is 73.1 cm³/mol. The number of hydrogen-bond acceptors (Lipinski definition) is 2. The lowest BCUT2D eigenvalue weighted by Crippen LogP contribution is -2.14. The molecule has 0 saturated heterocycles. The van der Waals surface area contributed by atoms with Crippen LogP contribution in [-0.4, -0.2) is 11.7 Å². The maximum absolute atomic E-state index is 8.95. The van der Waals surface area contributed by atoms with Crippen molar-refractivity contribution in [2.75, 3.05) is 6.61 Å². The summed E-state index contributed by atoms with van der Waals surface area (Å²) in [4.78, 5) is 0. The molecule has 0 spiro atoms.